The number of benzene rings is 1. The minimum atomic E-state index is -0.149. The number of rotatable bonds is 6. The predicted octanol–water partition coefficient (Wildman–Crippen LogP) is 3.03. The van der Waals surface area contributed by atoms with Gasteiger partial charge in [0.25, 0.3) is 5.56 Å². The lowest BCUT2D eigenvalue weighted by molar-refractivity contribution is -0.130. The van der Waals surface area contributed by atoms with Crippen LogP contribution in [0.1, 0.15) is 38.3 Å². The maximum absolute atomic E-state index is 12.5. The van der Waals surface area contributed by atoms with Gasteiger partial charge in [0.15, 0.2) is 5.65 Å². The molecule has 1 aliphatic heterocycles. The smallest absolute Gasteiger partial charge is 0.272 e. The second kappa shape index (κ2) is 8.51. The normalized spacial score (nSPS) is 14.9. The third kappa shape index (κ3) is 4.34. The number of fused-ring (bicyclic) bond motifs is 1. The van der Waals surface area contributed by atoms with Crippen LogP contribution in [-0.4, -0.2) is 45.1 Å². The van der Waals surface area contributed by atoms with E-state index < -0.39 is 0 Å². The maximum Gasteiger partial charge on any atom is 0.272 e. The number of ether oxygens (including phenoxy) is 1. The molecule has 2 aromatic heterocycles. The van der Waals surface area contributed by atoms with Gasteiger partial charge in [0.2, 0.25) is 5.91 Å². The molecule has 1 saturated heterocycles. The highest BCUT2D eigenvalue weighted by Gasteiger charge is 2.17. The molecule has 152 valence electrons. The molecule has 3 heterocycles. The van der Waals surface area contributed by atoms with Gasteiger partial charge in [-0.1, -0.05) is 6.42 Å². The van der Waals surface area contributed by atoms with Crippen molar-refractivity contribution in [2.75, 3.05) is 19.7 Å². The van der Waals surface area contributed by atoms with Crippen molar-refractivity contribution in [1.29, 1.82) is 0 Å². The first-order valence-corrected chi connectivity index (χ1v) is 10.3. The number of aromatic amines is 1. The number of amides is 1. The molecule has 1 N–H and O–H groups in total. The Morgan fingerprint density at radius 3 is 2.72 bits per heavy atom. The van der Waals surface area contributed by atoms with Gasteiger partial charge in [0.05, 0.1) is 18.0 Å². The molecule has 1 aromatic carbocycles. The summed E-state index contributed by atoms with van der Waals surface area (Å²) in [6, 6.07) is 11.1. The number of hydrogen-bond acceptors (Lipinski definition) is 4. The van der Waals surface area contributed by atoms with E-state index in [2.05, 4.69) is 10.1 Å². The Hall–Kier alpha value is -3.09. The van der Waals surface area contributed by atoms with Crippen molar-refractivity contribution in [1.82, 2.24) is 19.5 Å². The van der Waals surface area contributed by atoms with E-state index in [0.717, 1.165) is 42.8 Å². The summed E-state index contributed by atoms with van der Waals surface area (Å²) < 4.78 is 6.93. The number of nitrogens with zero attached hydrogens (tertiary/aromatic N) is 3. The Labute approximate surface area is 169 Å². The third-order valence-corrected chi connectivity index (χ3v) is 5.29. The van der Waals surface area contributed by atoms with Crippen LogP contribution in [-0.2, 0) is 11.2 Å². The molecule has 0 saturated carbocycles. The second-order valence-corrected chi connectivity index (χ2v) is 7.35. The predicted molar refractivity (Wildman–Crippen MR) is 111 cm³/mol. The molecule has 0 atom stereocenters. The molecule has 1 fully saturated rings. The lowest BCUT2D eigenvalue weighted by Crippen LogP contribution is -2.32. The van der Waals surface area contributed by atoms with Gasteiger partial charge in [-0.05, 0) is 49.6 Å². The first kappa shape index (κ1) is 19.2. The summed E-state index contributed by atoms with van der Waals surface area (Å²) in [6.45, 7) is 3.98. The van der Waals surface area contributed by atoms with E-state index in [0.29, 0.717) is 37.3 Å². The zero-order chi connectivity index (χ0) is 20.2. The minimum absolute atomic E-state index is 0.149. The quantitative estimate of drug-likeness (QED) is 0.697. The first-order valence-electron chi connectivity index (χ1n) is 10.3. The van der Waals surface area contributed by atoms with Crippen molar-refractivity contribution in [3.8, 4) is 17.0 Å². The molecule has 0 bridgehead atoms. The SMILES string of the molecule is CCOc1ccc(-c2cc3nc(CCN4CCCCCC4=O)cc(=O)n3[nH]2)cc1. The lowest BCUT2D eigenvalue weighted by Gasteiger charge is -2.20. The van der Waals surface area contributed by atoms with Gasteiger partial charge >= 0.3 is 0 Å². The van der Waals surface area contributed by atoms with Crippen LogP contribution >= 0.6 is 0 Å². The first-order chi connectivity index (χ1) is 14.1. The highest BCUT2D eigenvalue weighted by molar-refractivity contribution is 5.76. The lowest BCUT2D eigenvalue weighted by atomic mass is 10.1. The number of hydrogen-bond donors (Lipinski definition) is 1. The molecule has 3 aromatic rings. The van der Waals surface area contributed by atoms with Crippen LogP contribution in [0.5, 0.6) is 5.75 Å². The molecule has 29 heavy (non-hydrogen) atoms. The number of carbonyl (C=O) groups excluding carboxylic acids is 1. The Balaban J connectivity index is 1.53. The molecule has 0 aliphatic carbocycles. The van der Waals surface area contributed by atoms with Crippen LogP contribution in [0, 0.1) is 0 Å². The van der Waals surface area contributed by atoms with E-state index in [4.69, 9.17) is 4.74 Å². The average molecular weight is 394 g/mol. The van der Waals surface area contributed by atoms with Crippen LogP contribution in [0.2, 0.25) is 0 Å². The number of H-pyrrole nitrogens is 1. The summed E-state index contributed by atoms with van der Waals surface area (Å²) in [5, 5.41) is 3.12. The van der Waals surface area contributed by atoms with E-state index in [1.165, 1.54) is 4.52 Å². The van der Waals surface area contributed by atoms with Crippen LogP contribution < -0.4 is 10.3 Å². The van der Waals surface area contributed by atoms with Crippen molar-refractivity contribution in [2.45, 2.75) is 39.0 Å². The summed E-state index contributed by atoms with van der Waals surface area (Å²) in [5.74, 6) is 1.02. The van der Waals surface area contributed by atoms with Crippen LogP contribution in [0.3, 0.4) is 0 Å². The zero-order valence-electron chi connectivity index (χ0n) is 16.7. The Morgan fingerprint density at radius 1 is 1.10 bits per heavy atom. The number of aromatic nitrogens is 3. The van der Waals surface area contributed by atoms with Crippen molar-refractivity contribution in [3.63, 3.8) is 0 Å². The number of nitrogens with one attached hydrogen (secondary N) is 1. The van der Waals surface area contributed by atoms with Gasteiger partial charge in [0.1, 0.15) is 5.75 Å². The van der Waals surface area contributed by atoms with Crippen molar-refractivity contribution in [2.24, 2.45) is 0 Å². The minimum Gasteiger partial charge on any atom is -0.494 e. The highest BCUT2D eigenvalue weighted by atomic mass is 16.5. The van der Waals surface area contributed by atoms with Gasteiger partial charge in [-0.2, -0.15) is 0 Å². The van der Waals surface area contributed by atoms with Crippen LogP contribution in [0.4, 0.5) is 0 Å². The fraction of sp³-hybridized carbons (Fsp3) is 0.409. The van der Waals surface area contributed by atoms with Crippen molar-refractivity contribution < 1.29 is 9.53 Å². The third-order valence-electron chi connectivity index (χ3n) is 5.29. The molecule has 0 radical (unpaired) electrons. The average Bonchev–Trinajstić information content (AvgIpc) is 3.04. The van der Waals surface area contributed by atoms with E-state index >= 15 is 0 Å². The van der Waals surface area contributed by atoms with Crippen LogP contribution in [0.15, 0.2) is 41.2 Å². The van der Waals surface area contributed by atoms with E-state index in [1.54, 1.807) is 6.07 Å². The molecule has 7 nitrogen and oxygen atoms in total. The fourth-order valence-corrected chi connectivity index (χ4v) is 3.74. The maximum atomic E-state index is 12.5. The van der Waals surface area contributed by atoms with E-state index in [-0.39, 0.29) is 11.5 Å². The summed E-state index contributed by atoms with van der Waals surface area (Å²) in [7, 11) is 0. The molecule has 7 heteroatoms. The number of carbonyl (C=O) groups is 1. The Kier molecular flexibility index (Phi) is 5.64. The standard InChI is InChI=1S/C22H26N4O3/c1-2-29-18-9-7-16(8-10-18)19-15-20-23-17(14-22(28)26(20)24-19)11-13-25-12-5-3-4-6-21(25)27/h7-10,14-15,24H,2-6,11-13H2,1H3. The molecular formula is C22H26N4O3. The van der Waals surface area contributed by atoms with Crippen molar-refractivity contribution >= 4 is 11.6 Å². The molecule has 1 aliphatic rings. The molecule has 0 unspecified atom stereocenters. The van der Waals surface area contributed by atoms with Crippen LogP contribution in [0.25, 0.3) is 16.9 Å². The topological polar surface area (TPSA) is 79.7 Å². The van der Waals surface area contributed by atoms with Crippen molar-refractivity contribution in [3.05, 3.63) is 52.4 Å². The molecule has 1 amide bonds. The summed E-state index contributed by atoms with van der Waals surface area (Å²) in [5.41, 5.74) is 2.92. The van der Waals surface area contributed by atoms with Gasteiger partial charge in [-0.3, -0.25) is 14.7 Å². The van der Waals surface area contributed by atoms with Gasteiger partial charge < -0.3 is 9.64 Å². The van der Waals surface area contributed by atoms with Gasteiger partial charge in [-0.15, -0.1) is 0 Å². The summed E-state index contributed by atoms with van der Waals surface area (Å²) in [6.07, 6.45) is 4.33. The van der Waals surface area contributed by atoms with E-state index in [9.17, 15) is 9.59 Å². The summed E-state index contributed by atoms with van der Waals surface area (Å²) in [4.78, 5) is 31.2. The van der Waals surface area contributed by atoms with Gasteiger partial charge in [-0.25, -0.2) is 9.50 Å². The van der Waals surface area contributed by atoms with E-state index in [1.807, 2.05) is 42.2 Å². The molecule has 0 spiro atoms. The monoisotopic (exact) mass is 394 g/mol. The molecule has 4 rings (SSSR count). The highest BCUT2D eigenvalue weighted by Crippen LogP contribution is 2.22. The Morgan fingerprint density at radius 2 is 1.93 bits per heavy atom. The summed E-state index contributed by atoms with van der Waals surface area (Å²) >= 11 is 0. The Bertz CT molecular complexity index is 1050. The molecular weight excluding hydrogens is 368 g/mol. The van der Waals surface area contributed by atoms with Gasteiger partial charge in [0, 0.05) is 38.1 Å². The largest absolute Gasteiger partial charge is 0.494 e. The number of likely N-dealkylation sites (tertiary alicyclic amines) is 1. The fourth-order valence-electron chi connectivity index (χ4n) is 3.74. The zero-order valence-corrected chi connectivity index (χ0v) is 16.7. The second-order valence-electron chi connectivity index (χ2n) is 7.35.